The summed E-state index contributed by atoms with van der Waals surface area (Å²) in [5.41, 5.74) is 23.3. The zero-order valence-electron chi connectivity index (χ0n) is 47.1. The van der Waals surface area contributed by atoms with Gasteiger partial charge in [-0.15, -0.1) is 0 Å². The van der Waals surface area contributed by atoms with E-state index in [1.807, 2.05) is 11.8 Å². The fourth-order valence-electron chi connectivity index (χ4n) is 13.8. The maximum absolute atomic E-state index is 2.67. The molecule has 0 bridgehead atoms. The summed E-state index contributed by atoms with van der Waals surface area (Å²) in [5, 5.41) is 10.4. The molecule has 0 aliphatic carbocycles. The Kier molecular flexibility index (Phi) is 10.8. The lowest BCUT2D eigenvalue weighted by Gasteiger charge is -2.42. The van der Waals surface area contributed by atoms with Gasteiger partial charge in [-0.1, -0.05) is 259 Å². The molecule has 0 fully saturated rings. The summed E-state index contributed by atoms with van der Waals surface area (Å²) < 4.78 is 2.51. The van der Waals surface area contributed by atoms with Crippen LogP contribution in [0.5, 0.6) is 0 Å². The first-order valence-corrected chi connectivity index (χ1v) is 29.7. The highest BCUT2D eigenvalue weighted by Gasteiger charge is 2.43. The number of benzene rings is 13. The minimum Gasteiger partial charge on any atom is -0.310 e. The molecule has 1 aromatic heterocycles. The van der Waals surface area contributed by atoms with E-state index in [1.165, 1.54) is 147 Å². The Morgan fingerprint density at radius 2 is 0.902 bits per heavy atom. The van der Waals surface area contributed by atoms with Crippen molar-refractivity contribution in [3.05, 3.63) is 260 Å². The number of hydrogen-bond donors (Lipinski definition) is 0. The Morgan fingerprint density at radius 1 is 0.354 bits per heavy atom. The van der Waals surface area contributed by atoms with E-state index in [0.29, 0.717) is 0 Å². The van der Waals surface area contributed by atoms with Crippen LogP contribution < -0.4 is 21.3 Å². The molecule has 2 nitrogen and oxygen atoms in total. The van der Waals surface area contributed by atoms with Crippen LogP contribution in [-0.4, -0.2) is 11.3 Å². The molecule has 4 heteroatoms. The lowest BCUT2D eigenvalue weighted by atomic mass is 9.34. The van der Waals surface area contributed by atoms with Crippen molar-refractivity contribution in [3.63, 3.8) is 0 Å². The van der Waals surface area contributed by atoms with Crippen molar-refractivity contribution in [1.29, 1.82) is 0 Å². The third-order valence-electron chi connectivity index (χ3n) is 17.8. The van der Waals surface area contributed by atoms with Gasteiger partial charge in [0, 0.05) is 48.8 Å². The van der Waals surface area contributed by atoms with Crippen LogP contribution >= 0.6 is 11.8 Å². The largest absolute Gasteiger partial charge is 0.310 e. The molecule has 82 heavy (non-hydrogen) atoms. The van der Waals surface area contributed by atoms with E-state index in [-0.39, 0.29) is 17.5 Å². The van der Waals surface area contributed by atoms with Crippen molar-refractivity contribution in [2.75, 3.05) is 4.90 Å². The van der Waals surface area contributed by atoms with E-state index in [9.17, 15) is 0 Å². The van der Waals surface area contributed by atoms with Crippen LogP contribution in [0.3, 0.4) is 0 Å². The maximum atomic E-state index is 2.67. The standard InChI is InChI=1S/C78H59BN2S/c1-77(2,3)56-39-53-33-34-54-40-57(78(4,5)6)45-64-63(42-55(41-56)73(53)74(54)64)52-35-37-69-65(44-52)79-66-43-51(48-21-10-7-11-22-48)36-38-71(66)82-72-47-58(80-67-31-18-16-27-61(67)62-28-17-19-32-68(62)80)46-70(75(72)79)81(69)76-59(49-23-12-8-13-24-49)29-20-30-60(76)50-25-14-9-15-26-50/h7-47H,1-6H3. The zero-order chi connectivity index (χ0) is 55.2. The van der Waals surface area contributed by atoms with Crippen LogP contribution in [0.2, 0.25) is 0 Å². The summed E-state index contributed by atoms with van der Waals surface area (Å²) in [6, 6.07) is 94.7. The van der Waals surface area contributed by atoms with Gasteiger partial charge in [-0.25, -0.2) is 0 Å². The quantitative estimate of drug-likeness (QED) is 0.121. The van der Waals surface area contributed by atoms with E-state index >= 15 is 0 Å². The maximum Gasteiger partial charge on any atom is 0.249 e. The Balaban J connectivity index is 1.05. The number of anilines is 3. The fourth-order valence-corrected chi connectivity index (χ4v) is 15.0. The molecule has 16 rings (SSSR count). The molecule has 0 N–H and O–H groups in total. The first kappa shape index (κ1) is 48.8. The lowest BCUT2D eigenvalue weighted by molar-refractivity contribution is 0.591. The summed E-state index contributed by atoms with van der Waals surface area (Å²) in [5.74, 6) is 0. The Labute approximate surface area is 484 Å². The van der Waals surface area contributed by atoms with Crippen LogP contribution in [0.1, 0.15) is 52.7 Å². The second-order valence-corrected chi connectivity index (χ2v) is 25.9. The third kappa shape index (κ3) is 7.58. The number of aromatic nitrogens is 1. The summed E-state index contributed by atoms with van der Waals surface area (Å²) >= 11 is 1.92. The van der Waals surface area contributed by atoms with Crippen molar-refractivity contribution >= 4 is 106 Å². The Hall–Kier alpha value is -9.09. The number of nitrogens with zero attached hydrogens (tertiary/aromatic N) is 2. The highest BCUT2D eigenvalue weighted by atomic mass is 32.2. The molecular formula is C78H59BN2S. The van der Waals surface area contributed by atoms with Gasteiger partial charge in [0.25, 0.3) is 0 Å². The first-order chi connectivity index (χ1) is 39.9. The second-order valence-electron chi connectivity index (χ2n) is 24.9. The molecule has 0 atom stereocenters. The average molecular weight is 1070 g/mol. The molecule has 0 unspecified atom stereocenters. The normalized spacial score (nSPS) is 13.1. The lowest BCUT2D eigenvalue weighted by Crippen LogP contribution is -2.60. The van der Waals surface area contributed by atoms with Gasteiger partial charge in [-0.05, 0) is 147 Å². The highest BCUT2D eigenvalue weighted by molar-refractivity contribution is 8.00. The van der Waals surface area contributed by atoms with Crippen molar-refractivity contribution < 1.29 is 0 Å². The molecule has 0 amide bonds. The van der Waals surface area contributed by atoms with Gasteiger partial charge in [0.2, 0.25) is 6.71 Å². The van der Waals surface area contributed by atoms with Gasteiger partial charge in [-0.3, -0.25) is 0 Å². The summed E-state index contributed by atoms with van der Waals surface area (Å²) in [6.45, 7) is 14.0. The van der Waals surface area contributed by atoms with Crippen molar-refractivity contribution in [2.45, 2.75) is 62.2 Å². The predicted octanol–water partition coefficient (Wildman–Crippen LogP) is 19.7. The van der Waals surface area contributed by atoms with Gasteiger partial charge >= 0.3 is 0 Å². The van der Waals surface area contributed by atoms with Crippen molar-refractivity contribution in [3.8, 4) is 50.2 Å². The monoisotopic (exact) mass is 1070 g/mol. The minimum atomic E-state index is -0.0966. The van der Waals surface area contributed by atoms with Gasteiger partial charge in [0.05, 0.1) is 16.7 Å². The fraction of sp³-hybridized carbons (Fsp3) is 0.103. The van der Waals surface area contributed by atoms with Gasteiger partial charge in [-0.2, -0.15) is 0 Å². The molecule has 2 aliphatic heterocycles. The third-order valence-corrected chi connectivity index (χ3v) is 19.0. The van der Waals surface area contributed by atoms with Gasteiger partial charge in [0.15, 0.2) is 0 Å². The van der Waals surface area contributed by atoms with E-state index in [2.05, 4.69) is 300 Å². The van der Waals surface area contributed by atoms with Crippen molar-refractivity contribution in [1.82, 2.24) is 4.57 Å². The van der Waals surface area contributed by atoms with E-state index in [1.54, 1.807) is 0 Å². The topological polar surface area (TPSA) is 8.17 Å². The highest BCUT2D eigenvalue weighted by Crippen LogP contribution is 2.52. The molecule has 0 spiro atoms. The second kappa shape index (κ2) is 18.2. The van der Waals surface area contributed by atoms with Gasteiger partial charge in [0.1, 0.15) is 0 Å². The van der Waals surface area contributed by atoms with E-state index in [0.717, 1.165) is 11.4 Å². The summed E-state index contributed by atoms with van der Waals surface area (Å²) in [6.07, 6.45) is 0. The molecule has 0 saturated carbocycles. The van der Waals surface area contributed by atoms with Crippen LogP contribution in [0.25, 0.3) is 104 Å². The van der Waals surface area contributed by atoms with Crippen LogP contribution in [-0.2, 0) is 10.8 Å². The smallest absolute Gasteiger partial charge is 0.249 e. The summed E-state index contributed by atoms with van der Waals surface area (Å²) in [4.78, 5) is 5.22. The first-order valence-electron chi connectivity index (χ1n) is 28.9. The van der Waals surface area contributed by atoms with E-state index in [4.69, 9.17) is 0 Å². The Bertz CT molecular complexity index is 4800. The Morgan fingerprint density at radius 3 is 1.54 bits per heavy atom. The molecule has 3 heterocycles. The molecule has 0 saturated heterocycles. The van der Waals surface area contributed by atoms with Crippen LogP contribution in [0, 0.1) is 0 Å². The summed E-state index contributed by atoms with van der Waals surface area (Å²) in [7, 11) is 0. The number of rotatable bonds is 6. The van der Waals surface area contributed by atoms with Crippen LogP contribution in [0.15, 0.2) is 259 Å². The average Bonchev–Trinajstić information content (AvgIpc) is 1.99. The molecule has 2 aliphatic rings. The van der Waals surface area contributed by atoms with Crippen molar-refractivity contribution in [2.24, 2.45) is 0 Å². The zero-order valence-corrected chi connectivity index (χ0v) is 47.9. The van der Waals surface area contributed by atoms with Crippen LogP contribution in [0.4, 0.5) is 17.1 Å². The number of hydrogen-bond acceptors (Lipinski definition) is 2. The minimum absolute atomic E-state index is 0.0224. The predicted molar refractivity (Wildman–Crippen MR) is 354 cm³/mol. The SMILES string of the molecule is CC(C)(C)c1cc2ccc3cc(C(C)(C)C)cc4c(-c5ccc6c(c5)B5c7cc(-c8ccccc8)ccc7Sc7cc(-n8c9ccccc9c9ccccc98)cc(c75)N6c5c(-c6ccccc6)cccc5-c5ccccc5)cc(c1)c2c34. The van der Waals surface area contributed by atoms with Gasteiger partial charge < -0.3 is 9.47 Å². The molecule has 14 aromatic rings. The molecule has 13 aromatic carbocycles. The molecular weight excluding hydrogens is 1010 g/mol. The molecule has 0 radical (unpaired) electrons. The number of fused-ring (bicyclic) bond motifs is 7. The molecule has 390 valence electrons. The number of para-hydroxylation sites is 3. The van der Waals surface area contributed by atoms with E-state index < -0.39 is 0 Å².